The number of carbonyl (C=O) groups excluding carboxylic acids is 2. The molecule has 0 bridgehead atoms. The molecule has 2 aromatic carbocycles. The largest absolute Gasteiger partial charge is 0.450 e. The van der Waals surface area contributed by atoms with Gasteiger partial charge in [-0.3, -0.25) is 9.59 Å². The number of halogens is 2. The summed E-state index contributed by atoms with van der Waals surface area (Å²) in [5, 5.41) is 0.599. The summed E-state index contributed by atoms with van der Waals surface area (Å²) in [5.41, 5.74) is 8.29. The molecule has 4 nitrogen and oxygen atoms in total. The van der Waals surface area contributed by atoms with Gasteiger partial charge in [-0.2, -0.15) is 0 Å². The lowest BCUT2D eigenvalue weighted by Crippen LogP contribution is -2.09. The number of benzene rings is 2. The topological polar surface area (TPSA) is 73.3 Å². The fraction of sp³-hybridized carbons (Fsp3) is 0.0476. The Labute approximate surface area is 165 Å². The highest BCUT2D eigenvalue weighted by Gasteiger charge is 2.31. The first-order valence-electron chi connectivity index (χ1n) is 8.17. The quantitative estimate of drug-likeness (QED) is 0.589. The molecule has 0 spiro atoms. The Balaban J connectivity index is 1.80. The summed E-state index contributed by atoms with van der Waals surface area (Å²) in [6, 6.07) is 14.0. The van der Waals surface area contributed by atoms with E-state index in [1.54, 1.807) is 12.1 Å². The Morgan fingerprint density at radius 2 is 1.81 bits per heavy atom. The fourth-order valence-corrected chi connectivity index (χ4v) is 3.62. The van der Waals surface area contributed by atoms with E-state index in [2.05, 4.69) is 0 Å². The van der Waals surface area contributed by atoms with Gasteiger partial charge in [0.1, 0.15) is 5.76 Å². The molecule has 27 heavy (non-hydrogen) atoms. The molecule has 3 aromatic rings. The number of hydrogen-bond donors (Lipinski definition) is 1. The van der Waals surface area contributed by atoms with Crippen LogP contribution in [0.1, 0.15) is 44.2 Å². The first kappa shape index (κ1) is 17.6. The van der Waals surface area contributed by atoms with Crippen LogP contribution in [0.25, 0.3) is 11.6 Å². The normalized spacial score (nSPS) is 13.3. The van der Waals surface area contributed by atoms with Crippen LogP contribution in [-0.2, 0) is 0 Å². The number of anilines is 1. The number of nitrogen functional groups attached to an aromatic ring is 1. The third-order valence-electron chi connectivity index (χ3n) is 4.43. The van der Waals surface area contributed by atoms with Crippen LogP contribution in [0.5, 0.6) is 0 Å². The Kier molecular flexibility index (Phi) is 4.38. The SMILES string of the molecule is Nc1c(C(=O)c2ccc(Cl)cc2Cl)oc2c1C(=O)CC(c1ccccc1)=C2. The first-order chi connectivity index (χ1) is 13.0. The van der Waals surface area contributed by atoms with Crippen LogP contribution in [0.4, 0.5) is 5.69 Å². The van der Waals surface area contributed by atoms with Crippen LogP contribution in [0.2, 0.25) is 10.0 Å². The number of furan rings is 1. The van der Waals surface area contributed by atoms with Crippen LogP contribution < -0.4 is 5.73 Å². The first-order valence-corrected chi connectivity index (χ1v) is 8.92. The van der Waals surface area contributed by atoms with Crippen molar-refractivity contribution in [1.82, 2.24) is 0 Å². The third kappa shape index (κ3) is 3.07. The van der Waals surface area contributed by atoms with Crippen molar-refractivity contribution < 1.29 is 14.0 Å². The number of nitrogens with two attached hydrogens (primary N) is 1. The van der Waals surface area contributed by atoms with E-state index in [0.29, 0.717) is 5.02 Å². The Hall–Kier alpha value is -2.82. The Morgan fingerprint density at radius 3 is 2.52 bits per heavy atom. The van der Waals surface area contributed by atoms with Gasteiger partial charge in [-0.15, -0.1) is 0 Å². The number of rotatable bonds is 3. The molecule has 0 unspecified atom stereocenters. The molecule has 1 heterocycles. The molecular weight excluding hydrogens is 385 g/mol. The van der Waals surface area contributed by atoms with Gasteiger partial charge in [-0.05, 0) is 35.4 Å². The maximum atomic E-state index is 12.8. The lowest BCUT2D eigenvalue weighted by Gasteiger charge is -2.12. The highest BCUT2D eigenvalue weighted by Crippen LogP contribution is 2.38. The lowest BCUT2D eigenvalue weighted by atomic mass is 9.91. The zero-order valence-electron chi connectivity index (χ0n) is 14.0. The number of fused-ring (bicyclic) bond motifs is 1. The molecule has 4 rings (SSSR count). The molecule has 0 radical (unpaired) electrons. The second-order valence-electron chi connectivity index (χ2n) is 6.17. The van der Waals surface area contributed by atoms with E-state index in [-0.39, 0.29) is 45.6 Å². The van der Waals surface area contributed by atoms with E-state index < -0.39 is 5.78 Å². The molecule has 0 saturated heterocycles. The van der Waals surface area contributed by atoms with Gasteiger partial charge in [-0.25, -0.2) is 0 Å². The molecule has 0 aliphatic heterocycles. The fourth-order valence-electron chi connectivity index (χ4n) is 3.12. The highest BCUT2D eigenvalue weighted by molar-refractivity contribution is 6.37. The monoisotopic (exact) mass is 397 g/mol. The van der Waals surface area contributed by atoms with Gasteiger partial charge in [-0.1, -0.05) is 53.5 Å². The molecule has 1 aromatic heterocycles. The zero-order valence-corrected chi connectivity index (χ0v) is 15.5. The van der Waals surface area contributed by atoms with Crippen molar-refractivity contribution in [3.63, 3.8) is 0 Å². The molecule has 0 atom stereocenters. The summed E-state index contributed by atoms with van der Waals surface area (Å²) in [4.78, 5) is 25.5. The van der Waals surface area contributed by atoms with Crippen LogP contribution >= 0.6 is 23.2 Å². The van der Waals surface area contributed by atoms with E-state index in [1.807, 2.05) is 30.3 Å². The summed E-state index contributed by atoms with van der Waals surface area (Å²) >= 11 is 12.0. The van der Waals surface area contributed by atoms with Crippen LogP contribution in [0, 0.1) is 0 Å². The van der Waals surface area contributed by atoms with Crippen molar-refractivity contribution in [2.45, 2.75) is 6.42 Å². The molecule has 2 N–H and O–H groups in total. The predicted octanol–water partition coefficient (Wildman–Crippen LogP) is 5.53. The minimum absolute atomic E-state index is 0.0365. The number of carbonyl (C=O) groups is 2. The summed E-state index contributed by atoms with van der Waals surface area (Å²) in [5.74, 6) is -0.487. The Morgan fingerprint density at radius 1 is 1.07 bits per heavy atom. The third-order valence-corrected chi connectivity index (χ3v) is 4.98. The molecule has 6 heteroatoms. The average Bonchev–Trinajstić information content (AvgIpc) is 2.99. The van der Waals surface area contributed by atoms with Crippen molar-refractivity contribution in [1.29, 1.82) is 0 Å². The van der Waals surface area contributed by atoms with E-state index in [9.17, 15) is 9.59 Å². The average molecular weight is 398 g/mol. The van der Waals surface area contributed by atoms with Gasteiger partial charge in [0.15, 0.2) is 11.5 Å². The molecular formula is C21H13Cl2NO3. The summed E-state index contributed by atoms with van der Waals surface area (Å²) in [6.45, 7) is 0. The second kappa shape index (κ2) is 6.72. The van der Waals surface area contributed by atoms with Crippen LogP contribution in [0.3, 0.4) is 0 Å². The predicted molar refractivity (Wildman–Crippen MR) is 106 cm³/mol. The van der Waals surface area contributed by atoms with Gasteiger partial charge >= 0.3 is 0 Å². The number of ketones is 2. The highest BCUT2D eigenvalue weighted by atomic mass is 35.5. The van der Waals surface area contributed by atoms with Crippen LogP contribution in [-0.4, -0.2) is 11.6 Å². The maximum absolute atomic E-state index is 12.8. The van der Waals surface area contributed by atoms with Gasteiger partial charge in [0, 0.05) is 17.0 Å². The van der Waals surface area contributed by atoms with E-state index in [1.165, 1.54) is 12.1 Å². The Bertz CT molecular complexity index is 1110. The second-order valence-corrected chi connectivity index (χ2v) is 7.02. The summed E-state index contributed by atoms with van der Waals surface area (Å²) < 4.78 is 5.70. The summed E-state index contributed by atoms with van der Waals surface area (Å²) in [6.07, 6.45) is 1.94. The molecule has 0 fully saturated rings. The van der Waals surface area contributed by atoms with Gasteiger partial charge in [0.05, 0.1) is 16.3 Å². The smallest absolute Gasteiger partial charge is 0.231 e. The van der Waals surface area contributed by atoms with Gasteiger partial charge in [0.25, 0.3) is 0 Å². The number of allylic oxidation sites excluding steroid dienone is 1. The zero-order chi connectivity index (χ0) is 19.1. The van der Waals surface area contributed by atoms with Crippen molar-refractivity contribution in [2.75, 3.05) is 5.73 Å². The van der Waals surface area contributed by atoms with E-state index in [4.69, 9.17) is 33.4 Å². The minimum atomic E-state index is -0.494. The van der Waals surface area contributed by atoms with Gasteiger partial charge in [0.2, 0.25) is 5.78 Å². The lowest BCUT2D eigenvalue weighted by molar-refractivity contribution is 0.0991. The van der Waals surface area contributed by atoms with Crippen molar-refractivity contribution >= 4 is 52.1 Å². The molecule has 1 aliphatic rings. The van der Waals surface area contributed by atoms with Crippen molar-refractivity contribution in [3.8, 4) is 0 Å². The molecule has 0 amide bonds. The molecule has 1 aliphatic carbocycles. The standard InChI is InChI=1S/C21H13Cl2NO3/c22-13-6-7-14(15(23)10-13)20(26)21-19(24)18-16(25)8-12(9-17(18)27-21)11-4-2-1-3-5-11/h1-7,9-10H,8,24H2. The number of Topliss-reactive ketones (excluding diaryl/α,β-unsaturated/α-hetero) is 1. The van der Waals surface area contributed by atoms with Crippen molar-refractivity contribution in [3.05, 3.63) is 86.8 Å². The minimum Gasteiger partial charge on any atom is -0.450 e. The van der Waals surface area contributed by atoms with E-state index in [0.717, 1.165) is 11.1 Å². The molecule has 0 saturated carbocycles. The maximum Gasteiger partial charge on any atom is 0.231 e. The van der Waals surface area contributed by atoms with Gasteiger partial charge < -0.3 is 10.2 Å². The summed E-state index contributed by atoms with van der Waals surface area (Å²) in [7, 11) is 0. The number of hydrogen-bond acceptors (Lipinski definition) is 4. The van der Waals surface area contributed by atoms with Crippen molar-refractivity contribution in [2.24, 2.45) is 0 Å². The molecule has 134 valence electrons. The van der Waals surface area contributed by atoms with Crippen LogP contribution in [0.15, 0.2) is 52.9 Å². The van der Waals surface area contributed by atoms with E-state index >= 15 is 0 Å².